The van der Waals surface area contributed by atoms with Crippen LogP contribution in [-0.2, 0) is 0 Å². The molecule has 0 rings (SSSR count). The molecule has 1 nitrogen and oxygen atoms in total. The highest BCUT2D eigenvalue weighted by Crippen LogP contribution is 1.99. The van der Waals surface area contributed by atoms with Gasteiger partial charge in [-0.2, -0.15) is 5.26 Å². The van der Waals surface area contributed by atoms with Gasteiger partial charge in [0.05, 0.1) is 6.07 Å². The summed E-state index contributed by atoms with van der Waals surface area (Å²) >= 11 is 0. The fourth-order valence-corrected chi connectivity index (χ4v) is 0.508. The molecule has 0 aromatic carbocycles. The molecule has 0 aliphatic carbocycles. The highest BCUT2D eigenvalue weighted by molar-refractivity contribution is 5.32. The molecule has 0 unspecified atom stereocenters. The highest BCUT2D eigenvalue weighted by atomic mass is 14.2. The molecule has 0 saturated heterocycles. The Labute approximate surface area is 68.0 Å². The zero-order valence-electron chi connectivity index (χ0n) is 6.89. The molecule has 56 valence electrons. The zero-order chi connectivity index (χ0) is 8.69. The fraction of sp³-hybridized carbons (Fsp3) is 0.300. The number of rotatable bonds is 2. The minimum absolute atomic E-state index is 0.750. The summed E-state index contributed by atoms with van der Waals surface area (Å²) in [6, 6.07) is 2.08. The summed E-state index contributed by atoms with van der Waals surface area (Å²) in [6.45, 7) is 3.77. The minimum atomic E-state index is 0.750. The van der Waals surface area contributed by atoms with Crippen molar-refractivity contribution < 1.29 is 0 Å². The molecule has 0 amide bonds. The number of nitriles is 1. The first-order valence-electron chi connectivity index (χ1n) is 3.48. The highest BCUT2D eigenvalue weighted by Gasteiger charge is 1.86. The van der Waals surface area contributed by atoms with Gasteiger partial charge in [0.2, 0.25) is 0 Å². The Hall–Kier alpha value is -1.47. The third-order valence-electron chi connectivity index (χ3n) is 1.29. The SMILES string of the molecule is C#C/C(C)=C/C=C(/C#N)CC. The average molecular weight is 145 g/mol. The van der Waals surface area contributed by atoms with Gasteiger partial charge in [-0.1, -0.05) is 12.8 Å². The van der Waals surface area contributed by atoms with Gasteiger partial charge in [-0.25, -0.2) is 0 Å². The average Bonchev–Trinajstić information content (AvgIpc) is 2.06. The molecule has 0 N–H and O–H groups in total. The molecule has 0 saturated carbocycles. The third-order valence-corrected chi connectivity index (χ3v) is 1.29. The Kier molecular flexibility index (Phi) is 4.61. The van der Waals surface area contributed by atoms with Crippen molar-refractivity contribution in [2.75, 3.05) is 0 Å². The predicted molar refractivity (Wildman–Crippen MR) is 46.6 cm³/mol. The lowest BCUT2D eigenvalue weighted by Gasteiger charge is -1.86. The van der Waals surface area contributed by atoms with E-state index in [1.165, 1.54) is 0 Å². The van der Waals surface area contributed by atoms with E-state index in [9.17, 15) is 0 Å². The molecule has 0 atom stereocenters. The topological polar surface area (TPSA) is 23.8 Å². The summed E-state index contributed by atoms with van der Waals surface area (Å²) in [5.74, 6) is 2.48. The molecular weight excluding hydrogens is 134 g/mol. The number of allylic oxidation sites excluding steroid dienone is 4. The van der Waals surface area contributed by atoms with Crippen molar-refractivity contribution in [3.05, 3.63) is 23.3 Å². The summed E-state index contributed by atoms with van der Waals surface area (Å²) in [4.78, 5) is 0. The summed E-state index contributed by atoms with van der Waals surface area (Å²) in [6.07, 6.45) is 9.40. The van der Waals surface area contributed by atoms with Crippen LogP contribution in [0, 0.1) is 23.7 Å². The number of terminal acetylenes is 1. The van der Waals surface area contributed by atoms with Crippen LogP contribution >= 0.6 is 0 Å². The van der Waals surface area contributed by atoms with Crippen molar-refractivity contribution in [3.63, 3.8) is 0 Å². The van der Waals surface area contributed by atoms with Gasteiger partial charge in [-0.15, -0.1) is 6.42 Å². The second-order valence-corrected chi connectivity index (χ2v) is 2.15. The van der Waals surface area contributed by atoms with Gasteiger partial charge >= 0.3 is 0 Å². The Balaban J connectivity index is 4.36. The maximum atomic E-state index is 8.51. The van der Waals surface area contributed by atoms with Crippen LogP contribution in [0.2, 0.25) is 0 Å². The van der Waals surface area contributed by atoms with Gasteiger partial charge in [0.1, 0.15) is 0 Å². The molecule has 0 radical (unpaired) electrons. The molecule has 0 heterocycles. The van der Waals surface area contributed by atoms with Gasteiger partial charge < -0.3 is 0 Å². The summed E-state index contributed by atoms with van der Waals surface area (Å²) < 4.78 is 0. The van der Waals surface area contributed by atoms with E-state index < -0.39 is 0 Å². The van der Waals surface area contributed by atoms with E-state index in [1.807, 2.05) is 13.8 Å². The first kappa shape index (κ1) is 9.53. The van der Waals surface area contributed by atoms with Crippen LogP contribution in [0.1, 0.15) is 20.3 Å². The van der Waals surface area contributed by atoms with Crippen molar-refractivity contribution >= 4 is 0 Å². The van der Waals surface area contributed by atoms with Crippen LogP contribution in [0.4, 0.5) is 0 Å². The first-order chi connectivity index (χ1) is 5.24. The van der Waals surface area contributed by atoms with Crippen LogP contribution in [-0.4, -0.2) is 0 Å². The van der Waals surface area contributed by atoms with Crippen molar-refractivity contribution in [1.29, 1.82) is 5.26 Å². The molecule has 0 aliphatic rings. The van der Waals surface area contributed by atoms with Crippen molar-refractivity contribution in [2.45, 2.75) is 20.3 Å². The summed E-state index contributed by atoms with van der Waals surface area (Å²) in [7, 11) is 0. The second-order valence-electron chi connectivity index (χ2n) is 2.15. The van der Waals surface area contributed by atoms with E-state index in [2.05, 4.69) is 12.0 Å². The minimum Gasteiger partial charge on any atom is -0.193 e. The largest absolute Gasteiger partial charge is 0.193 e. The van der Waals surface area contributed by atoms with Crippen molar-refractivity contribution in [1.82, 2.24) is 0 Å². The molecule has 0 fully saturated rings. The van der Waals surface area contributed by atoms with Crippen LogP contribution in [0.25, 0.3) is 0 Å². The van der Waals surface area contributed by atoms with E-state index in [0.717, 1.165) is 17.6 Å². The first-order valence-corrected chi connectivity index (χ1v) is 3.48. The van der Waals surface area contributed by atoms with E-state index >= 15 is 0 Å². The number of hydrogen-bond donors (Lipinski definition) is 0. The predicted octanol–water partition coefficient (Wildman–Crippen LogP) is 2.43. The molecule has 0 aromatic rings. The molecule has 11 heavy (non-hydrogen) atoms. The maximum Gasteiger partial charge on any atom is 0.0946 e. The lowest BCUT2D eigenvalue weighted by molar-refractivity contribution is 1.15. The molecular formula is C10H11N. The maximum absolute atomic E-state index is 8.51. The standard InChI is InChI=1S/C10H11N/c1-4-9(3)6-7-10(5-2)8-11/h1,6-7H,5H2,2-3H3/b9-6+,10-7+. The summed E-state index contributed by atoms with van der Waals surface area (Å²) in [5, 5.41) is 8.51. The van der Waals surface area contributed by atoms with Gasteiger partial charge in [-0.3, -0.25) is 0 Å². The Morgan fingerprint density at radius 1 is 1.55 bits per heavy atom. The lowest BCUT2D eigenvalue weighted by Crippen LogP contribution is -1.73. The fourth-order valence-electron chi connectivity index (χ4n) is 0.508. The van der Waals surface area contributed by atoms with Crippen LogP contribution in [0.5, 0.6) is 0 Å². The summed E-state index contributed by atoms with van der Waals surface area (Å²) in [5.41, 5.74) is 1.59. The van der Waals surface area contributed by atoms with Gasteiger partial charge in [0.25, 0.3) is 0 Å². The molecule has 0 aliphatic heterocycles. The third kappa shape index (κ3) is 4.00. The quantitative estimate of drug-likeness (QED) is 0.332. The molecule has 0 bridgehead atoms. The monoisotopic (exact) mass is 145 g/mol. The van der Waals surface area contributed by atoms with Crippen molar-refractivity contribution in [3.8, 4) is 18.4 Å². The number of nitrogens with zero attached hydrogens (tertiary/aromatic N) is 1. The van der Waals surface area contributed by atoms with Gasteiger partial charge in [0.15, 0.2) is 0 Å². The zero-order valence-corrected chi connectivity index (χ0v) is 6.89. The van der Waals surface area contributed by atoms with E-state index in [-0.39, 0.29) is 0 Å². The lowest BCUT2D eigenvalue weighted by atomic mass is 10.2. The Bertz CT molecular complexity index is 256. The van der Waals surface area contributed by atoms with E-state index in [1.54, 1.807) is 12.2 Å². The molecule has 1 heteroatoms. The van der Waals surface area contributed by atoms with Crippen molar-refractivity contribution in [2.24, 2.45) is 0 Å². The smallest absolute Gasteiger partial charge is 0.0946 e. The van der Waals surface area contributed by atoms with Crippen LogP contribution < -0.4 is 0 Å². The van der Waals surface area contributed by atoms with Gasteiger partial charge in [0, 0.05) is 5.57 Å². The van der Waals surface area contributed by atoms with E-state index in [0.29, 0.717) is 0 Å². The normalized spacial score (nSPS) is 12.0. The van der Waals surface area contributed by atoms with Crippen LogP contribution in [0.3, 0.4) is 0 Å². The molecule has 0 aromatic heterocycles. The van der Waals surface area contributed by atoms with Gasteiger partial charge in [-0.05, 0) is 31.1 Å². The Morgan fingerprint density at radius 2 is 2.18 bits per heavy atom. The van der Waals surface area contributed by atoms with E-state index in [4.69, 9.17) is 11.7 Å². The number of hydrogen-bond acceptors (Lipinski definition) is 1. The molecule has 0 spiro atoms. The second kappa shape index (κ2) is 5.33. The Morgan fingerprint density at radius 3 is 2.55 bits per heavy atom. The van der Waals surface area contributed by atoms with Crippen LogP contribution in [0.15, 0.2) is 23.3 Å².